The Hall–Kier alpha value is -0.890. The van der Waals surface area contributed by atoms with E-state index in [2.05, 4.69) is 5.32 Å². The highest BCUT2D eigenvalue weighted by Crippen LogP contribution is 2.42. The van der Waals surface area contributed by atoms with Gasteiger partial charge < -0.3 is 0 Å². The summed E-state index contributed by atoms with van der Waals surface area (Å²) in [6.45, 7) is 3.69. The van der Waals surface area contributed by atoms with Crippen LogP contribution in [-0.4, -0.2) is 11.3 Å². The van der Waals surface area contributed by atoms with Crippen molar-refractivity contribution in [1.29, 1.82) is 0 Å². The highest BCUT2D eigenvalue weighted by atomic mass is 32.2. The SMILES string of the molecule is CC1(C)CSC(c2cc(C(F)(F)F)cc(C(F)(F)F)c2)N1. The zero-order valence-corrected chi connectivity index (χ0v) is 12.0. The van der Waals surface area contributed by atoms with Gasteiger partial charge >= 0.3 is 12.4 Å². The lowest BCUT2D eigenvalue weighted by Gasteiger charge is -2.21. The number of rotatable bonds is 1. The van der Waals surface area contributed by atoms with Crippen LogP contribution < -0.4 is 5.32 Å². The van der Waals surface area contributed by atoms with Crippen LogP contribution in [0.1, 0.15) is 35.9 Å². The Bertz CT molecular complexity index is 502. The van der Waals surface area contributed by atoms with Gasteiger partial charge in [-0.3, -0.25) is 5.32 Å². The third-order valence-electron chi connectivity index (χ3n) is 3.05. The largest absolute Gasteiger partial charge is 0.416 e. The lowest BCUT2D eigenvalue weighted by Crippen LogP contribution is -2.36. The molecule has 1 fully saturated rings. The molecule has 1 N–H and O–H groups in total. The normalized spacial score (nSPS) is 22.6. The van der Waals surface area contributed by atoms with E-state index in [0.29, 0.717) is 5.75 Å². The highest BCUT2D eigenvalue weighted by Gasteiger charge is 2.39. The van der Waals surface area contributed by atoms with Gasteiger partial charge in [0.25, 0.3) is 0 Å². The molecule has 1 aromatic rings. The maximum absolute atomic E-state index is 12.8. The molecule has 0 aromatic heterocycles. The molecule has 0 spiro atoms. The Balaban J connectivity index is 2.46. The number of alkyl halides is 6. The van der Waals surface area contributed by atoms with Crippen molar-refractivity contribution >= 4 is 11.8 Å². The molecule has 1 heterocycles. The van der Waals surface area contributed by atoms with Crippen molar-refractivity contribution in [3.05, 3.63) is 34.9 Å². The van der Waals surface area contributed by atoms with E-state index >= 15 is 0 Å². The molecule has 2 rings (SSSR count). The predicted octanol–water partition coefficient (Wildman–Crippen LogP) is 4.84. The van der Waals surface area contributed by atoms with Crippen molar-refractivity contribution in [1.82, 2.24) is 5.32 Å². The Morgan fingerprint density at radius 3 is 1.81 bits per heavy atom. The van der Waals surface area contributed by atoms with Crippen LogP contribution in [0.4, 0.5) is 26.3 Å². The summed E-state index contributed by atoms with van der Waals surface area (Å²) >= 11 is 1.30. The second kappa shape index (κ2) is 5.08. The average Bonchev–Trinajstić information content (AvgIpc) is 2.67. The molecule has 1 saturated heterocycles. The molecular formula is C13H13F6NS. The standard InChI is InChI=1S/C13H13F6NS/c1-11(2)6-21-10(20-11)7-3-8(12(14,15)16)5-9(4-7)13(17,18)19/h3-5,10,20H,6H2,1-2H3. The molecule has 1 unspecified atom stereocenters. The maximum atomic E-state index is 12.8. The summed E-state index contributed by atoms with van der Waals surface area (Å²) in [6.07, 6.45) is -9.62. The quantitative estimate of drug-likeness (QED) is 0.740. The first-order valence-corrected chi connectivity index (χ1v) is 7.12. The van der Waals surface area contributed by atoms with Gasteiger partial charge in [0.05, 0.1) is 16.5 Å². The van der Waals surface area contributed by atoms with Gasteiger partial charge in [0.15, 0.2) is 0 Å². The predicted molar refractivity (Wildman–Crippen MR) is 68.9 cm³/mol. The Morgan fingerprint density at radius 1 is 1.00 bits per heavy atom. The van der Waals surface area contributed by atoms with Crippen LogP contribution in [0.2, 0.25) is 0 Å². The molecule has 1 aliphatic heterocycles. The van der Waals surface area contributed by atoms with Crippen molar-refractivity contribution < 1.29 is 26.3 Å². The highest BCUT2D eigenvalue weighted by molar-refractivity contribution is 7.99. The monoisotopic (exact) mass is 329 g/mol. The van der Waals surface area contributed by atoms with Gasteiger partial charge in [-0.1, -0.05) is 0 Å². The third-order valence-corrected chi connectivity index (χ3v) is 4.66. The van der Waals surface area contributed by atoms with Crippen LogP contribution in [-0.2, 0) is 12.4 Å². The van der Waals surface area contributed by atoms with Gasteiger partial charge in [-0.15, -0.1) is 11.8 Å². The molecule has 21 heavy (non-hydrogen) atoms. The van der Waals surface area contributed by atoms with E-state index in [1.54, 1.807) is 0 Å². The van der Waals surface area contributed by atoms with Gasteiger partial charge in [0, 0.05) is 11.3 Å². The number of halogens is 6. The Labute approximate surface area is 122 Å². The summed E-state index contributed by atoms with van der Waals surface area (Å²) in [5, 5.41) is 2.45. The zero-order valence-electron chi connectivity index (χ0n) is 11.2. The second-order valence-electron chi connectivity index (χ2n) is 5.56. The molecule has 118 valence electrons. The molecule has 1 aromatic carbocycles. The van der Waals surface area contributed by atoms with E-state index in [1.807, 2.05) is 13.8 Å². The molecule has 1 aliphatic rings. The van der Waals surface area contributed by atoms with Gasteiger partial charge in [-0.25, -0.2) is 0 Å². The Morgan fingerprint density at radius 2 is 1.48 bits per heavy atom. The minimum absolute atomic E-state index is 0.00674. The lowest BCUT2D eigenvalue weighted by atomic mass is 10.0. The fourth-order valence-corrected chi connectivity index (χ4v) is 3.44. The molecule has 8 heteroatoms. The first-order valence-electron chi connectivity index (χ1n) is 6.07. The molecule has 0 radical (unpaired) electrons. The van der Waals surface area contributed by atoms with Crippen molar-refractivity contribution in [3.63, 3.8) is 0 Å². The van der Waals surface area contributed by atoms with Gasteiger partial charge in [0.1, 0.15) is 0 Å². The summed E-state index contributed by atoms with van der Waals surface area (Å²) < 4.78 is 76.7. The summed E-state index contributed by atoms with van der Waals surface area (Å²) in [6, 6.07) is 1.71. The van der Waals surface area contributed by atoms with Crippen molar-refractivity contribution in [2.75, 3.05) is 5.75 Å². The van der Waals surface area contributed by atoms with E-state index < -0.39 is 28.9 Å². The number of thioether (sulfide) groups is 1. The summed E-state index contributed by atoms with van der Waals surface area (Å²) in [5.74, 6) is 0.606. The van der Waals surface area contributed by atoms with Crippen LogP contribution in [0.25, 0.3) is 0 Å². The first kappa shape index (κ1) is 16.5. The van der Waals surface area contributed by atoms with Gasteiger partial charge in [0.2, 0.25) is 0 Å². The molecule has 1 atom stereocenters. The molecule has 0 amide bonds. The summed E-state index contributed by atoms with van der Waals surface area (Å²) in [7, 11) is 0. The van der Waals surface area contributed by atoms with Crippen LogP contribution >= 0.6 is 11.8 Å². The molecule has 0 saturated carbocycles. The number of hydrogen-bond donors (Lipinski definition) is 1. The molecule has 0 aliphatic carbocycles. The first-order chi connectivity index (χ1) is 9.38. The maximum Gasteiger partial charge on any atom is 0.416 e. The van der Waals surface area contributed by atoms with Crippen LogP contribution in [0.3, 0.4) is 0 Å². The van der Waals surface area contributed by atoms with E-state index in [0.717, 1.165) is 12.1 Å². The van der Waals surface area contributed by atoms with E-state index in [1.165, 1.54) is 11.8 Å². The third kappa shape index (κ3) is 3.85. The molecule has 1 nitrogen and oxygen atoms in total. The minimum atomic E-state index is -4.81. The van der Waals surface area contributed by atoms with E-state index in [-0.39, 0.29) is 17.2 Å². The summed E-state index contributed by atoms with van der Waals surface area (Å²) in [5.41, 5.74) is -2.89. The van der Waals surface area contributed by atoms with Crippen LogP contribution in [0.5, 0.6) is 0 Å². The van der Waals surface area contributed by atoms with Crippen molar-refractivity contribution in [2.45, 2.75) is 37.1 Å². The van der Waals surface area contributed by atoms with Crippen molar-refractivity contribution in [2.24, 2.45) is 0 Å². The lowest BCUT2D eigenvalue weighted by molar-refractivity contribution is -0.143. The average molecular weight is 329 g/mol. The Kier molecular flexibility index (Phi) is 3.99. The van der Waals surface area contributed by atoms with E-state index in [9.17, 15) is 26.3 Å². The topological polar surface area (TPSA) is 12.0 Å². The van der Waals surface area contributed by atoms with Crippen LogP contribution in [0, 0.1) is 0 Å². The van der Waals surface area contributed by atoms with Crippen LogP contribution in [0.15, 0.2) is 18.2 Å². The number of hydrogen-bond acceptors (Lipinski definition) is 2. The minimum Gasteiger partial charge on any atom is -0.296 e. The number of nitrogens with one attached hydrogen (secondary N) is 1. The molecule has 0 bridgehead atoms. The van der Waals surface area contributed by atoms with Crippen molar-refractivity contribution in [3.8, 4) is 0 Å². The zero-order chi connectivity index (χ0) is 16.1. The smallest absolute Gasteiger partial charge is 0.296 e. The second-order valence-corrected chi connectivity index (χ2v) is 6.65. The van der Waals surface area contributed by atoms with E-state index in [4.69, 9.17) is 0 Å². The fraction of sp³-hybridized carbons (Fsp3) is 0.538. The number of benzene rings is 1. The summed E-state index contributed by atoms with van der Waals surface area (Å²) in [4.78, 5) is 0. The molecular weight excluding hydrogens is 316 g/mol. The van der Waals surface area contributed by atoms with Gasteiger partial charge in [-0.2, -0.15) is 26.3 Å². The van der Waals surface area contributed by atoms with Gasteiger partial charge in [-0.05, 0) is 37.6 Å². The fourth-order valence-electron chi connectivity index (χ4n) is 2.04.